The fraction of sp³-hybridized carbons (Fsp3) is 0.476. The summed E-state index contributed by atoms with van der Waals surface area (Å²) in [6, 6.07) is 4.91. The number of rotatable bonds is 5. The van der Waals surface area contributed by atoms with Crippen LogP contribution in [0.1, 0.15) is 43.4 Å². The van der Waals surface area contributed by atoms with Crippen LogP contribution in [-0.2, 0) is 25.7 Å². The molecule has 2 atom stereocenters. The molecule has 152 valence electrons. The molecule has 2 aromatic rings. The van der Waals surface area contributed by atoms with Crippen LogP contribution in [0.25, 0.3) is 5.65 Å². The molecule has 0 bridgehead atoms. The van der Waals surface area contributed by atoms with Gasteiger partial charge in [0.05, 0.1) is 24.0 Å². The number of carbonyl (C=O) groups is 3. The molecule has 0 aromatic carbocycles. The first-order valence-corrected chi connectivity index (χ1v) is 9.94. The van der Waals surface area contributed by atoms with E-state index >= 15 is 0 Å². The summed E-state index contributed by atoms with van der Waals surface area (Å²) in [6.45, 7) is 1.79. The lowest BCUT2D eigenvalue weighted by molar-refractivity contribution is -0.146. The summed E-state index contributed by atoms with van der Waals surface area (Å²) in [4.78, 5) is 54.7. The lowest BCUT2D eigenvalue weighted by Crippen LogP contribution is -2.33. The van der Waals surface area contributed by atoms with E-state index in [9.17, 15) is 19.2 Å². The largest absolute Gasteiger partial charge is 0.459 e. The number of esters is 1. The van der Waals surface area contributed by atoms with Gasteiger partial charge in [0.2, 0.25) is 11.8 Å². The average Bonchev–Trinajstić information content (AvgIpc) is 2.96. The summed E-state index contributed by atoms with van der Waals surface area (Å²) in [5.74, 6) is -1.29. The highest BCUT2D eigenvalue weighted by atomic mass is 16.5. The molecule has 1 aliphatic carbocycles. The highest BCUT2D eigenvalue weighted by Gasteiger charge is 2.47. The molecule has 1 saturated heterocycles. The number of aromatic nitrogens is 2. The number of aryl methyl sites for hydroxylation is 1. The van der Waals surface area contributed by atoms with E-state index in [-0.39, 0.29) is 48.8 Å². The quantitative estimate of drug-likeness (QED) is 0.562. The number of ether oxygens (including phenoxy) is 1. The van der Waals surface area contributed by atoms with Gasteiger partial charge in [0, 0.05) is 18.8 Å². The first-order valence-electron chi connectivity index (χ1n) is 9.94. The number of fused-ring (bicyclic) bond motifs is 2. The second kappa shape index (κ2) is 7.77. The number of hydrogen-bond donors (Lipinski definition) is 0. The molecular formula is C21H23N3O5. The molecule has 8 nitrogen and oxygen atoms in total. The highest BCUT2D eigenvalue weighted by Crippen LogP contribution is 2.37. The van der Waals surface area contributed by atoms with Crippen molar-refractivity contribution in [2.24, 2.45) is 11.8 Å². The Labute approximate surface area is 167 Å². The van der Waals surface area contributed by atoms with Crippen LogP contribution in [0.15, 0.2) is 29.2 Å². The number of carbonyl (C=O) groups excluding carboxylic acids is 3. The SMILES string of the molecule is Cc1ccc2nc(COC(=O)CCN3C(=O)[C@H]4CCCC[C@@H]4C3=O)cc(=O)n2c1. The summed E-state index contributed by atoms with van der Waals surface area (Å²) in [5.41, 5.74) is 1.52. The van der Waals surface area contributed by atoms with Gasteiger partial charge in [0.1, 0.15) is 12.3 Å². The molecule has 0 radical (unpaired) electrons. The summed E-state index contributed by atoms with van der Waals surface area (Å²) in [5, 5.41) is 0. The Kier molecular flexibility index (Phi) is 5.17. The molecule has 0 N–H and O–H groups in total. The Morgan fingerprint density at radius 1 is 1.14 bits per heavy atom. The fourth-order valence-electron chi connectivity index (χ4n) is 4.21. The maximum atomic E-state index is 12.4. The third kappa shape index (κ3) is 3.79. The second-order valence-corrected chi connectivity index (χ2v) is 7.76. The van der Waals surface area contributed by atoms with Crippen molar-refractivity contribution in [1.82, 2.24) is 14.3 Å². The van der Waals surface area contributed by atoms with E-state index in [1.54, 1.807) is 12.3 Å². The van der Waals surface area contributed by atoms with Gasteiger partial charge in [0.25, 0.3) is 5.56 Å². The van der Waals surface area contributed by atoms with E-state index in [0.29, 0.717) is 11.3 Å². The van der Waals surface area contributed by atoms with Crippen molar-refractivity contribution in [2.75, 3.05) is 6.54 Å². The van der Waals surface area contributed by atoms with E-state index in [0.717, 1.165) is 31.2 Å². The maximum Gasteiger partial charge on any atom is 0.307 e. The number of imide groups is 1. The second-order valence-electron chi connectivity index (χ2n) is 7.76. The number of pyridine rings is 1. The van der Waals surface area contributed by atoms with Crippen molar-refractivity contribution in [3.05, 3.63) is 46.0 Å². The van der Waals surface area contributed by atoms with E-state index in [4.69, 9.17) is 4.74 Å². The predicted molar refractivity (Wildman–Crippen MR) is 103 cm³/mol. The number of nitrogens with zero attached hydrogens (tertiary/aromatic N) is 3. The summed E-state index contributed by atoms with van der Waals surface area (Å²) in [6.07, 6.45) is 5.06. The smallest absolute Gasteiger partial charge is 0.307 e. The van der Waals surface area contributed by atoms with E-state index in [1.807, 2.05) is 13.0 Å². The Morgan fingerprint density at radius 3 is 2.52 bits per heavy atom. The third-order valence-electron chi connectivity index (χ3n) is 5.71. The minimum atomic E-state index is -0.536. The lowest BCUT2D eigenvalue weighted by atomic mass is 9.81. The minimum Gasteiger partial charge on any atom is -0.459 e. The first kappa shape index (κ1) is 19.3. The molecule has 4 rings (SSSR count). The molecule has 3 heterocycles. The van der Waals surface area contributed by atoms with Gasteiger partial charge in [-0.25, -0.2) is 4.98 Å². The maximum absolute atomic E-state index is 12.4. The van der Waals surface area contributed by atoms with Crippen LogP contribution >= 0.6 is 0 Å². The summed E-state index contributed by atoms with van der Waals surface area (Å²) < 4.78 is 6.64. The Balaban J connectivity index is 1.34. The zero-order chi connectivity index (χ0) is 20.5. The Morgan fingerprint density at radius 2 is 1.83 bits per heavy atom. The van der Waals surface area contributed by atoms with Gasteiger partial charge in [-0.1, -0.05) is 18.9 Å². The normalized spacial score (nSPS) is 21.5. The molecule has 1 aliphatic heterocycles. The van der Waals surface area contributed by atoms with Gasteiger partial charge in [0.15, 0.2) is 0 Å². The molecule has 2 amide bonds. The first-order chi connectivity index (χ1) is 13.9. The minimum absolute atomic E-state index is 0.0383. The van der Waals surface area contributed by atoms with Crippen LogP contribution in [0.5, 0.6) is 0 Å². The van der Waals surface area contributed by atoms with Gasteiger partial charge in [-0.05, 0) is 31.4 Å². The molecule has 2 fully saturated rings. The van der Waals surface area contributed by atoms with Gasteiger partial charge >= 0.3 is 5.97 Å². The lowest BCUT2D eigenvalue weighted by Gasteiger charge is -2.19. The molecular weight excluding hydrogens is 374 g/mol. The van der Waals surface area contributed by atoms with E-state index in [1.165, 1.54) is 15.4 Å². The topological polar surface area (TPSA) is 98.0 Å². The molecule has 0 spiro atoms. The van der Waals surface area contributed by atoms with Crippen molar-refractivity contribution >= 4 is 23.4 Å². The Bertz CT molecular complexity index is 1020. The van der Waals surface area contributed by atoms with E-state index in [2.05, 4.69) is 4.98 Å². The Hall–Kier alpha value is -3.03. The molecule has 2 aromatic heterocycles. The van der Waals surface area contributed by atoms with Crippen LogP contribution in [0.4, 0.5) is 0 Å². The molecule has 1 saturated carbocycles. The third-order valence-corrected chi connectivity index (χ3v) is 5.71. The fourth-order valence-corrected chi connectivity index (χ4v) is 4.21. The van der Waals surface area contributed by atoms with Gasteiger partial charge in [-0.2, -0.15) is 0 Å². The summed E-state index contributed by atoms with van der Waals surface area (Å²) in [7, 11) is 0. The van der Waals surface area contributed by atoms with Crippen molar-refractivity contribution in [3.63, 3.8) is 0 Å². The number of hydrogen-bond acceptors (Lipinski definition) is 6. The van der Waals surface area contributed by atoms with Crippen LogP contribution in [0.2, 0.25) is 0 Å². The van der Waals surface area contributed by atoms with Crippen molar-refractivity contribution in [3.8, 4) is 0 Å². The van der Waals surface area contributed by atoms with Crippen LogP contribution in [0, 0.1) is 18.8 Å². The predicted octanol–water partition coefficient (Wildman–Crippen LogP) is 1.61. The van der Waals surface area contributed by atoms with Crippen molar-refractivity contribution in [1.29, 1.82) is 0 Å². The summed E-state index contributed by atoms with van der Waals surface area (Å²) >= 11 is 0. The van der Waals surface area contributed by atoms with E-state index < -0.39 is 5.97 Å². The van der Waals surface area contributed by atoms with Crippen molar-refractivity contribution < 1.29 is 19.1 Å². The zero-order valence-electron chi connectivity index (χ0n) is 16.3. The van der Waals surface area contributed by atoms with Gasteiger partial charge in [-0.3, -0.25) is 28.5 Å². The standard InChI is InChI=1S/C21H23N3O5/c1-13-6-7-17-22-14(10-18(25)24(17)11-13)12-29-19(26)8-9-23-20(27)15-4-2-3-5-16(15)21(23)28/h6-7,10-11,15-16H,2-5,8-9,12H2,1H3/t15-,16-/m0/s1. The molecule has 0 unspecified atom stereocenters. The number of amides is 2. The van der Waals surface area contributed by atoms with Crippen LogP contribution in [-0.4, -0.2) is 38.6 Å². The highest BCUT2D eigenvalue weighted by molar-refractivity contribution is 6.05. The van der Waals surface area contributed by atoms with Crippen LogP contribution in [0.3, 0.4) is 0 Å². The van der Waals surface area contributed by atoms with Gasteiger partial charge in [-0.15, -0.1) is 0 Å². The van der Waals surface area contributed by atoms with Crippen LogP contribution < -0.4 is 5.56 Å². The van der Waals surface area contributed by atoms with Crippen molar-refractivity contribution in [2.45, 2.75) is 45.6 Å². The van der Waals surface area contributed by atoms with Gasteiger partial charge < -0.3 is 4.74 Å². The monoisotopic (exact) mass is 397 g/mol. The molecule has 8 heteroatoms. The average molecular weight is 397 g/mol. The zero-order valence-corrected chi connectivity index (χ0v) is 16.3. The molecule has 2 aliphatic rings. The number of likely N-dealkylation sites (tertiary alicyclic amines) is 1. The molecule has 29 heavy (non-hydrogen) atoms.